The number of amides is 4. The van der Waals surface area contributed by atoms with Crippen LogP contribution in [0.15, 0.2) is 58.3 Å². The minimum atomic E-state index is -4.66. The molecule has 2 N–H and O–H groups in total. The van der Waals surface area contributed by atoms with E-state index in [0.29, 0.717) is 11.5 Å². The molecular formula is C23H23F3N4O4. The number of furan rings is 1. The van der Waals surface area contributed by atoms with Crippen LogP contribution >= 0.6 is 0 Å². The Kier molecular flexibility index (Phi) is 6.36. The van der Waals surface area contributed by atoms with Crippen molar-refractivity contribution in [3.63, 3.8) is 0 Å². The van der Waals surface area contributed by atoms with Crippen LogP contribution in [0.3, 0.4) is 0 Å². The summed E-state index contributed by atoms with van der Waals surface area (Å²) in [6.07, 6.45) is -3.18. The molecule has 0 spiro atoms. The summed E-state index contributed by atoms with van der Waals surface area (Å²) in [5.74, 6) is -0.235. The van der Waals surface area contributed by atoms with E-state index in [-0.39, 0.29) is 49.6 Å². The van der Waals surface area contributed by atoms with Crippen molar-refractivity contribution in [2.75, 3.05) is 19.6 Å². The van der Waals surface area contributed by atoms with E-state index < -0.39 is 29.7 Å². The van der Waals surface area contributed by atoms with Crippen LogP contribution < -0.4 is 10.6 Å². The number of rotatable bonds is 7. The van der Waals surface area contributed by atoms with Gasteiger partial charge in [-0.1, -0.05) is 18.2 Å². The van der Waals surface area contributed by atoms with E-state index >= 15 is 0 Å². The Bertz CT molecular complexity index is 1130. The van der Waals surface area contributed by atoms with Crippen LogP contribution in [0.5, 0.6) is 0 Å². The number of carbonyl (C=O) groups is 3. The third-order valence-electron chi connectivity index (χ3n) is 5.84. The predicted octanol–water partition coefficient (Wildman–Crippen LogP) is 3.19. The van der Waals surface area contributed by atoms with Gasteiger partial charge < -0.3 is 20.0 Å². The lowest BCUT2D eigenvalue weighted by Gasteiger charge is -2.33. The molecule has 180 valence electrons. The summed E-state index contributed by atoms with van der Waals surface area (Å²) in [6.45, 7) is 2.24. The lowest BCUT2D eigenvalue weighted by atomic mass is 9.91. The fourth-order valence-corrected chi connectivity index (χ4v) is 4.23. The van der Waals surface area contributed by atoms with Crippen LogP contribution in [-0.4, -0.2) is 47.3 Å². The molecule has 1 aromatic carbocycles. The molecule has 0 bridgehead atoms. The van der Waals surface area contributed by atoms with Gasteiger partial charge in [0.2, 0.25) is 5.91 Å². The predicted molar refractivity (Wildman–Crippen MR) is 114 cm³/mol. The van der Waals surface area contributed by atoms with Gasteiger partial charge in [-0.25, -0.2) is 4.79 Å². The molecule has 0 aliphatic carbocycles. The van der Waals surface area contributed by atoms with Crippen molar-refractivity contribution in [3.8, 4) is 0 Å². The minimum absolute atomic E-state index is 0.00961. The first-order valence-corrected chi connectivity index (χ1v) is 10.8. The molecule has 0 saturated carbocycles. The van der Waals surface area contributed by atoms with Crippen molar-refractivity contribution in [1.29, 1.82) is 0 Å². The number of likely N-dealkylation sites (N-methyl/N-ethyl adjacent to an activating group) is 1. The fourth-order valence-electron chi connectivity index (χ4n) is 4.23. The van der Waals surface area contributed by atoms with Gasteiger partial charge in [-0.2, -0.15) is 13.2 Å². The monoisotopic (exact) mass is 476 g/mol. The molecule has 2 aliphatic rings. The van der Waals surface area contributed by atoms with Gasteiger partial charge in [0.25, 0.3) is 5.91 Å². The number of nitrogens with one attached hydrogen (secondary N) is 2. The summed E-state index contributed by atoms with van der Waals surface area (Å²) in [4.78, 5) is 40.9. The highest BCUT2D eigenvalue weighted by atomic mass is 19.4. The van der Waals surface area contributed by atoms with Gasteiger partial charge in [-0.15, -0.1) is 0 Å². The maximum Gasteiger partial charge on any atom is 0.416 e. The Morgan fingerprint density at radius 1 is 1.21 bits per heavy atom. The first-order valence-electron chi connectivity index (χ1n) is 10.8. The van der Waals surface area contributed by atoms with E-state index in [1.54, 1.807) is 19.1 Å². The lowest BCUT2D eigenvalue weighted by Crippen LogP contribution is -2.47. The molecule has 2 aliphatic heterocycles. The smallest absolute Gasteiger partial charge is 0.416 e. The van der Waals surface area contributed by atoms with Crippen molar-refractivity contribution in [2.24, 2.45) is 0 Å². The zero-order valence-electron chi connectivity index (χ0n) is 18.3. The lowest BCUT2D eigenvalue weighted by molar-refractivity contribution is -0.138. The van der Waals surface area contributed by atoms with Gasteiger partial charge in [0, 0.05) is 19.5 Å². The second-order valence-corrected chi connectivity index (χ2v) is 7.90. The molecular weight excluding hydrogens is 453 g/mol. The largest absolute Gasteiger partial charge is 0.467 e. The van der Waals surface area contributed by atoms with Crippen molar-refractivity contribution in [1.82, 2.24) is 20.4 Å². The maximum atomic E-state index is 13.7. The molecule has 3 heterocycles. The number of urea groups is 1. The van der Waals surface area contributed by atoms with E-state index in [4.69, 9.17) is 4.42 Å². The topological polar surface area (TPSA) is 94.9 Å². The van der Waals surface area contributed by atoms with Crippen LogP contribution in [-0.2, 0) is 22.3 Å². The molecule has 11 heteroatoms. The molecule has 0 unspecified atom stereocenters. The van der Waals surface area contributed by atoms with Crippen molar-refractivity contribution >= 4 is 17.8 Å². The van der Waals surface area contributed by atoms with Gasteiger partial charge in [0.1, 0.15) is 5.76 Å². The molecule has 0 radical (unpaired) electrons. The standard InChI is InChI=1S/C23H23F3N4O4/c1-2-30-17-13-29(10-9-18(31)27-12-14-6-5-11-34-14)21(32)19(17)20(28-22(30)33)15-7-3-4-8-16(15)23(24,25)26/h3-8,11,20H,2,9-10,12-13H2,1H3,(H,27,31)(H,28,33)/t20-/m0/s1. The van der Waals surface area contributed by atoms with Crippen LogP contribution in [0.1, 0.15) is 36.3 Å². The van der Waals surface area contributed by atoms with Crippen LogP contribution in [0.2, 0.25) is 0 Å². The molecule has 34 heavy (non-hydrogen) atoms. The zero-order valence-corrected chi connectivity index (χ0v) is 18.3. The SMILES string of the molecule is CCN1C(=O)N[C@@H](c2ccccc2C(F)(F)F)C2=C1CN(CCC(=O)NCc1ccco1)C2=O. The molecule has 4 amide bonds. The van der Waals surface area contributed by atoms with Crippen LogP contribution in [0.25, 0.3) is 0 Å². The van der Waals surface area contributed by atoms with Gasteiger partial charge in [-0.3, -0.25) is 14.5 Å². The van der Waals surface area contributed by atoms with Gasteiger partial charge >= 0.3 is 12.2 Å². The van der Waals surface area contributed by atoms with Crippen molar-refractivity contribution < 1.29 is 32.0 Å². The third kappa shape index (κ3) is 4.50. The Labute approximate surface area is 193 Å². The molecule has 4 rings (SSSR count). The number of hydrogen-bond acceptors (Lipinski definition) is 4. The Morgan fingerprint density at radius 3 is 2.65 bits per heavy atom. The van der Waals surface area contributed by atoms with E-state index in [1.165, 1.54) is 34.3 Å². The summed E-state index contributed by atoms with van der Waals surface area (Å²) in [6, 6.07) is 6.47. The van der Waals surface area contributed by atoms with Gasteiger partial charge in [0.05, 0.1) is 42.2 Å². The molecule has 0 fully saturated rings. The molecule has 0 saturated heterocycles. The van der Waals surface area contributed by atoms with E-state index in [9.17, 15) is 27.6 Å². The Morgan fingerprint density at radius 2 is 1.97 bits per heavy atom. The molecule has 1 aromatic heterocycles. The number of alkyl halides is 3. The number of hydrogen-bond donors (Lipinski definition) is 2. The fraction of sp³-hybridized carbons (Fsp3) is 0.348. The average Bonchev–Trinajstić information content (AvgIpc) is 3.43. The normalized spacial score (nSPS) is 18.3. The van der Waals surface area contributed by atoms with Crippen LogP contribution in [0, 0.1) is 0 Å². The van der Waals surface area contributed by atoms with E-state index in [0.717, 1.165) is 6.07 Å². The number of carbonyl (C=O) groups excluding carboxylic acids is 3. The summed E-state index contributed by atoms with van der Waals surface area (Å²) < 4.78 is 46.1. The van der Waals surface area contributed by atoms with Crippen molar-refractivity contribution in [3.05, 3.63) is 70.8 Å². The summed E-state index contributed by atoms with van der Waals surface area (Å²) in [5.41, 5.74) is -0.665. The van der Waals surface area contributed by atoms with Crippen LogP contribution in [0.4, 0.5) is 18.0 Å². The van der Waals surface area contributed by atoms with Crippen molar-refractivity contribution in [2.45, 2.75) is 32.1 Å². The van der Waals surface area contributed by atoms with Gasteiger partial charge in [0.15, 0.2) is 0 Å². The molecule has 2 aromatic rings. The van der Waals surface area contributed by atoms with E-state index in [2.05, 4.69) is 10.6 Å². The van der Waals surface area contributed by atoms with Gasteiger partial charge in [-0.05, 0) is 30.7 Å². The van der Waals surface area contributed by atoms with E-state index in [1.807, 2.05) is 0 Å². The minimum Gasteiger partial charge on any atom is -0.467 e. The molecule has 8 nitrogen and oxygen atoms in total. The summed E-state index contributed by atoms with van der Waals surface area (Å²) in [7, 11) is 0. The first-order chi connectivity index (χ1) is 16.2. The number of nitrogens with zero attached hydrogens (tertiary/aromatic N) is 2. The zero-order chi connectivity index (χ0) is 24.5. The second-order valence-electron chi connectivity index (χ2n) is 7.90. The Balaban J connectivity index is 1.54. The number of benzene rings is 1. The quantitative estimate of drug-likeness (QED) is 0.642. The highest BCUT2D eigenvalue weighted by Crippen LogP contribution is 2.41. The second kappa shape index (κ2) is 9.24. The highest BCUT2D eigenvalue weighted by Gasteiger charge is 2.46. The summed E-state index contributed by atoms with van der Waals surface area (Å²) >= 11 is 0. The Hall–Kier alpha value is -3.76. The molecule has 1 atom stereocenters. The highest BCUT2D eigenvalue weighted by molar-refractivity contribution is 6.01. The maximum absolute atomic E-state index is 13.7. The third-order valence-corrected chi connectivity index (χ3v) is 5.84. The average molecular weight is 476 g/mol. The number of halogens is 3. The first kappa shape index (κ1) is 23.4. The summed E-state index contributed by atoms with van der Waals surface area (Å²) in [5, 5.41) is 5.25.